The van der Waals surface area contributed by atoms with Crippen molar-refractivity contribution >= 4 is 35.1 Å². The van der Waals surface area contributed by atoms with Crippen molar-refractivity contribution < 1.29 is 9.59 Å². The van der Waals surface area contributed by atoms with Gasteiger partial charge in [0.25, 0.3) is 0 Å². The van der Waals surface area contributed by atoms with Crippen LogP contribution < -0.4 is 16.4 Å². The number of carbonyl (C=O) groups excluding carboxylic acids is 2. The largest absolute Gasteiger partial charge is 0.351 e. The monoisotopic (exact) mass is 365 g/mol. The second-order valence-electron chi connectivity index (χ2n) is 5.25. The fourth-order valence-electron chi connectivity index (χ4n) is 2.35. The third-order valence-corrected chi connectivity index (χ3v) is 4.05. The van der Waals surface area contributed by atoms with Gasteiger partial charge in [0.05, 0.1) is 0 Å². The molecule has 0 saturated carbocycles. The van der Waals surface area contributed by atoms with Crippen molar-refractivity contribution in [2.24, 2.45) is 5.73 Å². The Bertz CT molecular complexity index is 738. The van der Waals surface area contributed by atoms with Crippen LogP contribution in [-0.2, 0) is 4.79 Å². The summed E-state index contributed by atoms with van der Waals surface area (Å²) < 4.78 is 0. The SMILES string of the molecule is C[C@H](N[C@@H](C(=O)NC(N)=O)c1ccccc1)c1ccc(Cl)cc1Cl. The van der Waals surface area contributed by atoms with Crippen LogP contribution in [0.5, 0.6) is 0 Å². The zero-order valence-electron chi connectivity index (χ0n) is 12.9. The first-order valence-corrected chi connectivity index (χ1v) is 8.00. The van der Waals surface area contributed by atoms with Crippen molar-refractivity contribution in [2.75, 3.05) is 0 Å². The maximum absolute atomic E-state index is 12.3. The lowest BCUT2D eigenvalue weighted by Crippen LogP contribution is -2.43. The molecule has 0 saturated heterocycles. The van der Waals surface area contributed by atoms with Gasteiger partial charge in [-0.2, -0.15) is 0 Å². The summed E-state index contributed by atoms with van der Waals surface area (Å²) in [7, 11) is 0. The Hall–Kier alpha value is -2.08. The average Bonchev–Trinajstić information content (AvgIpc) is 2.52. The van der Waals surface area contributed by atoms with E-state index in [2.05, 4.69) is 10.6 Å². The fourth-order valence-corrected chi connectivity index (χ4v) is 2.93. The van der Waals surface area contributed by atoms with Crippen LogP contribution in [-0.4, -0.2) is 11.9 Å². The van der Waals surface area contributed by atoms with E-state index in [1.54, 1.807) is 30.3 Å². The summed E-state index contributed by atoms with van der Waals surface area (Å²) in [5.41, 5.74) is 6.55. The highest BCUT2D eigenvalue weighted by molar-refractivity contribution is 6.35. The lowest BCUT2D eigenvalue weighted by Gasteiger charge is -2.23. The molecule has 0 aliphatic carbocycles. The van der Waals surface area contributed by atoms with Gasteiger partial charge >= 0.3 is 6.03 Å². The number of halogens is 2. The highest BCUT2D eigenvalue weighted by atomic mass is 35.5. The first-order chi connectivity index (χ1) is 11.4. The van der Waals surface area contributed by atoms with E-state index < -0.39 is 18.0 Å². The summed E-state index contributed by atoms with van der Waals surface area (Å²) in [5, 5.41) is 6.29. The van der Waals surface area contributed by atoms with E-state index in [0.29, 0.717) is 15.6 Å². The number of nitrogens with two attached hydrogens (primary N) is 1. The second kappa shape index (κ2) is 8.15. The number of benzene rings is 2. The molecule has 3 amide bonds. The minimum absolute atomic E-state index is 0.265. The van der Waals surface area contributed by atoms with Gasteiger partial charge in [0.15, 0.2) is 0 Å². The van der Waals surface area contributed by atoms with Gasteiger partial charge in [-0.1, -0.05) is 59.6 Å². The predicted octanol–water partition coefficient (Wildman–Crippen LogP) is 3.58. The van der Waals surface area contributed by atoms with Crippen LogP contribution in [0.15, 0.2) is 48.5 Å². The highest BCUT2D eigenvalue weighted by Crippen LogP contribution is 2.28. The van der Waals surface area contributed by atoms with E-state index in [0.717, 1.165) is 5.56 Å². The molecule has 24 heavy (non-hydrogen) atoms. The number of urea groups is 1. The van der Waals surface area contributed by atoms with Crippen LogP contribution in [0.3, 0.4) is 0 Å². The maximum Gasteiger partial charge on any atom is 0.318 e. The highest BCUT2D eigenvalue weighted by Gasteiger charge is 2.24. The molecule has 126 valence electrons. The zero-order valence-corrected chi connectivity index (χ0v) is 14.4. The van der Waals surface area contributed by atoms with Gasteiger partial charge in [0.1, 0.15) is 6.04 Å². The Morgan fingerprint density at radius 2 is 1.75 bits per heavy atom. The minimum Gasteiger partial charge on any atom is -0.351 e. The topological polar surface area (TPSA) is 84.2 Å². The summed E-state index contributed by atoms with van der Waals surface area (Å²) in [4.78, 5) is 23.4. The maximum atomic E-state index is 12.3. The first-order valence-electron chi connectivity index (χ1n) is 7.24. The summed E-state index contributed by atoms with van der Waals surface area (Å²) in [6.07, 6.45) is 0. The molecule has 0 radical (unpaired) electrons. The van der Waals surface area contributed by atoms with Crippen molar-refractivity contribution in [3.63, 3.8) is 0 Å². The molecule has 0 bridgehead atoms. The van der Waals surface area contributed by atoms with Gasteiger partial charge in [-0.15, -0.1) is 0 Å². The van der Waals surface area contributed by atoms with Gasteiger partial charge in [-0.05, 0) is 30.2 Å². The number of amides is 3. The van der Waals surface area contributed by atoms with Crippen molar-refractivity contribution in [1.82, 2.24) is 10.6 Å². The molecule has 0 aliphatic rings. The molecule has 2 aromatic carbocycles. The Balaban J connectivity index is 2.27. The normalized spacial score (nSPS) is 13.1. The molecule has 2 rings (SSSR count). The second-order valence-corrected chi connectivity index (χ2v) is 6.10. The van der Waals surface area contributed by atoms with Gasteiger partial charge in [-0.25, -0.2) is 4.79 Å². The summed E-state index contributed by atoms with van der Waals surface area (Å²) in [6.45, 7) is 1.86. The van der Waals surface area contributed by atoms with E-state index in [9.17, 15) is 9.59 Å². The molecule has 4 N–H and O–H groups in total. The van der Waals surface area contributed by atoms with Gasteiger partial charge in [0.2, 0.25) is 5.91 Å². The minimum atomic E-state index is -0.903. The zero-order chi connectivity index (χ0) is 17.7. The molecule has 0 aromatic heterocycles. The van der Waals surface area contributed by atoms with Crippen molar-refractivity contribution in [1.29, 1.82) is 0 Å². The van der Waals surface area contributed by atoms with Gasteiger partial charge < -0.3 is 5.73 Å². The quantitative estimate of drug-likeness (QED) is 0.756. The number of primary amides is 1. The standard InChI is InChI=1S/C17H17Cl2N3O2/c1-10(13-8-7-12(18)9-14(13)19)21-15(16(23)22-17(20)24)11-5-3-2-4-6-11/h2-10,15,21H,1H3,(H3,20,22,23,24)/t10-,15+/m0/s1. The van der Waals surface area contributed by atoms with Gasteiger partial charge in [0, 0.05) is 16.1 Å². The molecule has 5 nitrogen and oxygen atoms in total. The van der Waals surface area contributed by atoms with E-state index in [1.165, 1.54) is 0 Å². The summed E-state index contributed by atoms with van der Waals surface area (Å²) in [6, 6.07) is 12.2. The molecule has 0 fully saturated rings. The summed E-state index contributed by atoms with van der Waals surface area (Å²) in [5.74, 6) is -0.536. The van der Waals surface area contributed by atoms with Crippen LogP contribution in [0.4, 0.5) is 4.79 Å². The number of imide groups is 1. The molecule has 0 unspecified atom stereocenters. The van der Waals surface area contributed by atoms with Crippen LogP contribution in [0.2, 0.25) is 10.0 Å². The van der Waals surface area contributed by atoms with Crippen LogP contribution in [0, 0.1) is 0 Å². The van der Waals surface area contributed by atoms with Crippen LogP contribution in [0.1, 0.15) is 30.1 Å². The number of nitrogens with one attached hydrogen (secondary N) is 2. The van der Waals surface area contributed by atoms with E-state index >= 15 is 0 Å². The third-order valence-electron chi connectivity index (χ3n) is 3.49. The van der Waals surface area contributed by atoms with Crippen LogP contribution >= 0.6 is 23.2 Å². The molecular weight excluding hydrogens is 349 g/mol. The first kappa shape index (κ1) is 18.3. The van der Waals surface area contributed by atoms with E-state index in [4.69, 9.17) is 28.9 Å². The van der Waals surface area contributed by atoms with E-state index in [1.807, 2.05) is 25.1 Å². The smallest absolute Gasteiger partial charge is 0.318 e. The average molecular weight is 366 g/mol. The Morgan fingerprint density at radius 1 is 1.08 bits per heavy atom. The lowest BCUT2D eigenvalue weighted by atomic mass is 10.0. The van der Waals surface area contributed by atoms with Crippen molar-refractivity contribution in [2.45, 2.75) is 19.0 Å². The summed E-state index contributed by atoms with van der Waals surface area (Å²) >= 11 is 12.1. The molecule has 2 aromatic rings. The number of carbonyl (C=O) groups is 2. The van der Waals surface area contributed by atoms with E-state index in [-0.39, 0.29) is 6.04 Å². The molecule has 7 heteroatoms. The Kier molecular flexibility index (Phi) is 6.20. The molecule has 2 atom stereocenters. The fraction of sp³-hybridized carbons (Fsp3) is 0.176. The predicted molar refractivity (Wildman–Crippen MR) is 94.9 cm³/mol. The Morgan fingerprint density at radius 3 is 2.33 bits per heavy atom. The number of hydrogen-bond acceptors (Lipinski definition) is 3. The van der Waals surface area contributed by atoms with Crippen LogP contribution in [0.25, 0.3) is 0 Å². The molecule has 0 heterocycles. The van der Waals surface area contributed by atoms with Crippen molar-refractivity contribution in [3.05, 3.63) is 69.7 Å². The molecule has 0 spiro atoms. The van der Waals surface area contributed by atoms with Gasteiger partial charge in [-0.3, -0.25) is 15.4 Å². The van der Waals surface area contributed by atoms with Crippen molar-refractivity contribution in [3.8, 4) is 0 Å². The molecule has 0 aliphatic heterocycles. The Labute approximate surface area is 150 Å². The molecular formula is C17H17Cl2N3O2. The lowest BCUT2D eigenvalue weighted by molar-refractivity contribution is -0.122. The number of rotatable bonds is 5. The number of hydrogen-bond donors (Lipinski definition) is 3. The third kappa shape index (κ3) is 4.71.